The van der Waals surface area contributed by atoms with Crippen LogP contribution in [0.15, 0.2) is 48.8 Å². The molecule has 0 aliphatic rings. The number of anilines is 1. The number of para-hydroxylation sites is 1. The molecule has 0 saturated heterocycles. The summed E-state index contributed by atoms with van der Waals surface area (Å²) in [4.78, 5) is 4.09. The summed E-state index contributed by atoms with van der Waals surface area (Å²) in [7, 11) is 0. The van der Waals surface area contributed by atoms with E-state index in [-0.39, 0.29) is 6.04 Å². The lowest BCUT2D eigenvalue weighted by molar-refractivity contribution is 0.575. The quantitative estimate of drug-likeness (QED) is 0.789. The first-order chi connectivity index (χ1) is 8.27. The Morgan fingerprint density at radius 3 is 2.76 bits per heavy atom. The molecular formula is C14H17N3. The van der Waals surface area contributed by atoms with Gasteiger partial charge in [0.05, 0.1) is 0 Å². The van der Waals surface area contributed by atoms with Gasteiger partial charge in [-0.25, -0.2) is 0 Å². The van der Waals surface area contributed by atoms with Gasteiger partial charge >= 0.3 is 0 Å². The van der Waals surface area contributed by atoms with Crippen LogP contribution in [0.4, 0.5) is 5.69 Å². The van der Waals surface area contributed by atoms with E-state index in [1.807, 2.05) is 30.5 Å². The third kappa shape index (κ3) is 3.04. The van der Waals surface area contributed by atoms with Gasteiger partial charge in [-0.3, -0.25) is 4.98 Å². The van der Waals surface area contributed by atoms with Crippen molar-refractivity contribution in [2.75, 3.05) is 5.73 Å². The fraction of sp³-hybridized carbons (Fsp3) is 0.214. The molecule has 0 aliphatic carbocycles. The highest BCUT2D eigenvalue weighted by Gasteiger charge is 2.07. The first-order valence-electron chi connectivity index (χ1n) is 5.74. The number of nitrogens with zero attached hydrogens (tertiary/aromatic N) is 1. The van der Waals surface area contributed by atoms with Gasteiger partial charge in [-0.1, -0.05) is 24.3 Å². The summed E-state index contributed by atoms with van der Waals surface area (Å²) in [6, 6.07) is 12.2. The average Bonchev–Trinajstić information content (AvgIpc) is 2.38. The third-order valence-electron chi connectivity index (χ3n) is 2.80. The molecule has 3 N–H and O–H groups in total. The second-order valence-corrected chi connectivity index (χ2v) is 4.09. The van der Waals surface area contributed by atoms with Crippen LogP contribution in [0.3, 0.4) is 0 Å². The van der Waals surface area contributed by atoms with Crippen molar-refractivity contribution in [2.45, 2.75) is 19.5 Å². The largest absolute Gasteiger partial charge is 0.398 e. The first-order valence-corrected chi connectivity index (χ1v) is 5.74. The normalized spacial score (nSPS) is 12.3. The predicted molar refractivity (Wildman–Crippen MR) is 70.3 cm³/mol. The zero-order chi connectivity index (χ0) is 12.1. The number of hydrogen-bond acceptors (Lipinski definition) is 3. The Balaban J connectivity index is 1.99. The Morgan fingerprint density at radius 1 is 1.24 bits per heavy atom. The zero-order valence-electron chi connectivity index (χ0n) is 9.93. The lowest BCUT2D eigenvalue weighted by Crippen LogP contribution is -2.19. The van der Waals surface area contributed by atoms with Crippen molar-refractivity contribution in [3.8, 4) is 0 Å². The van der Waals surface area contributed by atoms with E-state index in [1.165, 1.54) is 5.56 Å². The van der Waals surface area contributed by atoms with Gasteiger partial charge in [0.15, 0.2) is 0 Å². The van der Waals surface area contributed by atoms with Crippen molar-refractivity contribution in [1.82, 2.24) is 10.3 Å². The van der Waals surface area contributed by atoms with Crippen molar-refractivity contribution in [3.05, 3.63) is 59.9 Å². The van der Waals surface area contributed by atoms with Crippen molar-refractivity contribution in [3.63, 3.8) is 0 Å². The van der Waals surface area contributed by atoms with Crippen LogP contribution in [0.5, 0.6) is 0 Å². The molecule has 17 heavy (non-hydrogen) atoms. The second-order valence-electron chi connectivity index (χ2n) is 4.09. The number of nitrogen functional groups attached to an aromatic ring is 1. The van der Waals surface area contributed by atoms with Crippen molar-refractivity contribution < 1.29 is 0 Å². The molecule has 2 aromatic rings. The molecular weight excluding hydrogens is 210 g/mol. The van der Waals surface area contributed by atoms with Gasteiger partial charge in [-0.2, -0.15) is 0 Å². The van der Waals surface area contributed by atoms with Crippen LogP contribution >= 0.6 is 0 Å². The highest BCUT2D eigenvalue weighted by atomic mass is 14.9. The van der Waals surface area contributed by atoms with Gasteiger partial charge in [0, 0.05) is 30.7 Å². The summed E-state index contributed by atoms with van der Waals surface area (Å²) in [5.41, 5.74) is 9.08. The molecule has 3 nitrogen and oxygen atoms in total. The molecule has 0 fully saturated rings. The number of hydrogen-bond donors (Lipinski definition) is 2. The van der Waals surface area contributed by atoms with Gasteiger partial charge in [-0.15, -0.1) is 0 Å². The Kier molecular flexibility index (Phi) is 3.73. The minimum Gasteiger partial charge on any atom is -0.398 e. The van der Waals surface area contributed by atoms with Gasteiger partial charge < -0.3 is 11.1 Å². The van der Waals surface area contributed by atoms with E-state index in [9.17, 15) is 0 Å². The van der Waals surface area contributed by atoms with E-state index in [1.54, 1.807) is 6.20 Å². The molecule has 0 radical (unpaired) electrons. The number of benzene rings is 1. The van der Waals surface area contributed by atoms with Gasteiger partial charge in [0.2, 0.25) is 0 Å². The predicted octanol–water partition coefficient (Wildman–Crippen LogP) is 2.51. The number of nitrogens with two attached hydrogens (primary N) is 1. The molecule has 0 spiro atoms. The van der Waals surface area contributed by atoms with Crippen LogP contribution in [-0.4, -0.2) is 4.98 Å². The SMILES string of the molecule is C[C@@H](NCc1cccnc1)c1ccccc1N. The smallest absolute Gasteiger partial charge is 0.0362 e. The minimum absolute atomic E-state index is 0.233. The van der Waals surface area contributed by atoms with E-state index in [0.29, 0.717) is 0 Å². The van der Waals surface area contributed by atoms with E-state index >= 15 is 0 Å². The second kappa shape index (κ2) is 5.46. The van der Waals surface area contributed by atoms with Crippen LogP contribution in [0.1, 0.15) is 24.1 Å². The summed E-state index contributed by atoms with van der Waals surface area (Å²) in [5, 5.41) is 3.44. The van der Waals surface area contributed by atoms with E-state index < -0.39 is 0 Å². The van der Waals surface area contributed by atoms with Gasteiger partial charge in [0.1, 0.15) is 0 Å². The molecule has 0 saturated carbocycles. The number of pyridine rings is 1. The maximum absolute atomic E-state index is 5.94. The molecule has 0 amide bonds. The van der Waals surface area contributed by atoms with Crippen LogP contribution in [-0.2, 0) is 6.54 Å². The maximum Gasteiger partial charge on any atom is 0.0362 e. The summed E-state index contributed by atoms with van der Waals surface area (Å²) in [5.74, 6) is 0. The standard InChI is InChI=1S/C14H17N3/c1-11(13-6-2-3-7-14(13)15)17-10-12-5-4-8-16-9-12/h2-9,11,17H,10,15H2,1H3/t11-/m1/s1. The molecule has 0 unspecified atom stereocenters. The highest BCUT2D eigenvalue weighted by Crippen LogP contribution is 2.19. The van der Waals surface area contributed by atoms with Crippen molar-refractivity contribution >= 4 is 5.69 Å². The van der Waals surface area contributed by atoms with Crippen LogP contribution < -0.4 is 11.1 Å². The Labute approximate surface area is 102 Å². The summed E-state index contributed by atoms with van der Waals surface area (Å²) >= 11 is 0. The van der Waals surface area contributed by atoms with Crippen LogP contribution in [0, 0.1) is 0 Å². The van der Waals surface area contributed by atoms with Gasteiger partial charge in [0.25, 0.3) is 0 Å². The summed E-state index contributed by atoms with van der Waals surface area (Å²) in [6.45, 7) is 2.91. The third-order valence-corrected chi connectivity index (χ3v) is 2.80. The molecule has 1 aromatic heterocycles. The lowest BCUT2D eigenvalue weighted by atomic mass is 10.1. The molecule has 1 atom stereocenters. The van der Waals surface area contributed by atoms with Crippen molar-refractivity contribution in [2.24, 2.45) is 0 Å². The number of nitrogens with one attached hydrogen (secondary N) is 1. The molecule has 0 aliphatic heterocycles. The maximum atomic E-state index is 5.94. The number of rotatable bonds is 4. The Hall–Kier alpha value is -1.87. The van der Waals surface area contributed by atoms with E-state index in [0.717, 1.165) is 17.8 Å². The molecule has 88 valence electrons. The zero-order valence-corrected chi connectivity index (χ0v) is 9.93. The molecule has 2 rings (SSSR count). The van der Waals surface area contributed by atoms with E-state index in [4.69, 9.17) is 5.73 Å². The van der Waals surface area contributed by atoms with E-state index in [2.05, 4.69) is 29.4 Å². The fourth-order valence-electron chi connectivity index (χ4n) is 1.79. The average molecular weight is 227 g/mol. The Bertz CT molecular complexity index is 468. The lowest BCUT2D eigenvalue weighted by Gasteiger charge is -2.16. The topological polar surface area (TPSA) is 50.9 Å². The fourth-order valence-corrected chi connectivity index (χ4v) is 1.79. The molecule has 3 heteroatoms. The number of aromatic nitrogens is 1. The minimum atomic E-state index is 0.233. The summed E-state index contributed by atoms with van der Waals surface area (Å²) < 4.78 is 0. The van der Waals surface area contributed by atoms with Crippen molar-refractivity contribution in [1.29, 1.82) is 0 Å². The Morgan fingerprint density at radius 2 is 2.06 bits per heavy atom. The summed E-state index contributed by atoms with van der Waals surface area (Å²) in [6.07, 6.45) is 3.65. The van der Waals surface area contributed by atoms with Gasteiger partial charge in [-0.05, 0) is 30.2 Å². The molecule has 1 heterocycles. The van der Waals surface area contributed by atoms with Crippen LogP contribution in [0.25, 0.3) is 0 Å². The van der Waals surface area contributed by atoms with Crippen LogP contribution in [0.2, 0.25) is 0 Å². The molecule has 0 bridgehead atoms. The highest BCUT2D eigenvalue weighted by molar-refractivity contribution is 5.47. The first kappa shape index (κ1) is 11.6. The monoisotopic (exact) mass is 227 g/mol. The molecule has 1 aromatic carbocycles.